The summed E-state index contributed by atoms with van der Waals surface area (Å²) in [5, 5.41) is 7.88. The summed E-state index contributed by atoms with van der Waals surface area (Å²) in [6.45, 7) is 0. The molecule has 3 aromatic rings. The van der Waals surface area contributed by atoms with Gasteiger partial charge in [0.05, 0.1) is 5.69 Å². The normalized spacial score (nSPS) is 21.0. The van der Waals surface area contributed by atoms with Gasteiger partial charge in [-0.05, 0) is 43.7 Å². The number of fused-ring (bicyclic) bond motifs is 1. The lowest BCUT2D eigenvalue weighted by Gasteiger charge is -2.28. The second-order valence-electron chi connectivity index (χ2n) is 6.32. The van der Waals surface area contributed by atoms with E-state index in [1.807, 2.05) is 18.2 Å². The number of nitrogens with two attached hydrogens (primary N) is 2. The Morgan fingerprint density at radius 3 is 2.67 bits per heavy atom. The number of pyridine rings is 1. The van der Waals surface area contributed by atoms with Crippen LogP contribution in [-0.4, -0.2) is 25.6 Å². The van der Waals surface area contributed by atoms with Crippen molar-refractivity contribution in [2.24, 2.45) is 5.73 Å². The third kappa shape index (κ3) is 2.67. The maximum atomic E-state index is 6.31. The average Bonchev–Trinajstić information content (AvgIpc) is 3.05. The van der Waals surface area contributed by atoms with Gasteiger partial charge in [0.15, 0.2) is 5.65 Å². The lowest BCUT2D eigenvalue weighted by Crippen LogP contribution is -2.26. The first-order valence-electron chi connectivity index (χ1n) is 8.28. The van der Waals surface area contributed by atoms with E-state index in [-0.39, 0.29) is 6.04 Å². The van der Waals surface area contributed by atoms with Crippen molar-refractivity contribution in [2.45, 2.75) is 37.6 Å². The van der Waals surface area contributed by atoms with Crippen molar-refractivity contribution in [1.82, 2.24) is 19.6 Å². The van der Waals surface area contributed by atoms with Crippen LogP contribution in [0.25, 0.3) is 5.65 Å². The van der Waals surface area contributed by atoms with Gasteiger partial charge in [-0.15, -0.1) is 5.10 Å². The number of nitrogens with zero attached hydrogens (tertiary/aromatic N) is 4. The average molecular weight is 323 g/mol. The van der Waals surface area contributed by atoms with E-state index in [2.05, 4.69) is 20.4 Å². The minimum Gasteiger partial charge on any atom is -0.382 e. The summed E-state index contributed by atoms with van der Waals surface area (Å²) in [6.07, 6.45) is 9.33. The molecule has 7 nitrogen and oxygen atoms in total. The zero-order valence-corrected chi connectivity index (χ0v) is 13.4. The number of nitrogen functional groups attached to an aromatic ring is 1. The smallest absolute Gasteiger partial charge is 0.177 e. The number of nitrogens with one attached hydrogen (secondary N) is 1. The molecular formula is C17H21N7. The summed E-state index contributed by atoms with van der Waals surface area (Å²) in [5.74, 6) is 1.64. The Kier molecular flexibility index (Phi) is 3.78. The van der Waals surface area contributed by atoms with Crippen LogP contribution in [0.15, 0.2) is 36.8 Å². The molecule has 5 N–H and O–H groups in total. The molecule has 3 heterocycles. The first-order valence-corrected chi connectivity index (χ1v) is 8.28. The maximum Gasteiger partial charge on any atom is 0.177 e. The highest BCUT2D eigenvalue weighted by molar-refractivity contribution is 5.79. The summed E-state index contributed by atoms with van der Waals surface area (Å²) in [5.41, 5.74) is 15.1. The largest absolute Gasteiger partial charge is 0.382 e. The topological polar surface area (TPSA) is 107 Å². The summed E-state index contributed by atoms with van der Waals surface area (Å²) in [4.78, 5) is 8.82. The van der Waals surface area contributed by atoms with Crippen LogP contribution in [0.5, 0.6) is 0 Å². The highest BCUT2D eigenvalue weighted by Gasteiger charge is 2.27. The highest BCUT2D eigenvalue weighted by atomic mass is 15.3. The van der Waals surface area contributed by atoms with Gasteiger partial charge in [-0.1, -0.05) is 6.07 Å². The Bertz CT molecular complexity index is 835. The van der Waals surface area contributed by atoms with Crippen LogP contribution in [0, 0.1) is 0 Å². The fourth-order valence-corrected chi connectivity index (χ4v) is 3.48. The lowest BCUT2D eigenvalue weighted by atomic mass is 9.81. The Balaban J connectivity index is 1.82. The van der Waals surface area contributed by atoms with E-state index < -0.39 is 0 Å². The molecule has 0 amide bonds. The number of anilines is 3. The Morgan fingerprint density at radius 2 is 1.92 bits per heavy atom. The molecule has 24 heavy (non-hydrogen) atoms. The van der Waals surface area contributed by atoms with Gasteiger partial charge in [0.1, 0.15) is 11.6 Å². The quantitative estimate of drug-likeness (QED) is 0.683. The second kappa shape index (κ2) is 6.09. The van der Waals surface area contributed by atoms with E-state index in [0.717, 1.165) is 48.4 Å². The van der Waals surface area contributed by atoms with Crippen molar-refractivity contribution in [2.75, 3.05) is 11.1 Å². The molecule has 0 unspecified atom stereocenters. The Labute approximate surface area is 140 Å². The van der Waals surface area contributed by atoms with Gasteiger partial charge in [0, 0.05) is 30.2 Å². The molecule has 0 spiro atoms. The summed E-state index contributed by atoms with van der Waals surface area (Å²) in [6, 6.07) is 6.05. The summed E-state index contributed by atoms with van der Waals surface area (Å²) < 4.78 is 1.71. The van der Waals surface area contributed by atoms with Gasteiger partial charge < -0.3 is 16.8 Å². The minimum absolute atomic E-state index is 0.290. The predicted octanol–water partition coefficient (Wildman–Crippen LogP) is 2.44. The molecule has 0 aliphatic heterocycles. The van der Waals surface area contributed by atoms with Crippen LogP contribution in [-0.2, 0) is 0 Å². The van der Waals surface area contributed by atoms with E-state index in [0.29, 0.717) is 11.7 Å². The lowest BCUT2D eigenvalue weighted by molar-refractivity contribution is 0.396. The van der Waals surface area contributed by atoms with Gasteiger partial charge in [0.25, 0.3) is 0 Å². The summed E-state index contributed by atoms with van der Waals surface area (Å²) in [7, 11) is 0. The number of hydrogen-bond acceptors (Lipinski definition) is 6. The molecular weight excluding hydrogens is 302 g/mol. The molecule has 1 aliphatic carbocycles. The molecule has 0 saturated heterocycles. The van der Waals surface area contributed by atoms with Crippen LogP contribution in [0.4, 0.5) is 17.3 Å². The molecule has 0 radical (unpaired) electrons. The van der Waals surface area contributed by atoms with Crippen LogP contribution >= 0.6 is 0 Å². The number of rotatable bonds is 3. The SMILES string of the molecule is Nc1nn2ccnc2c(Nc2ccccn2)c1[C@H]1CC[C@H](N)CC1. The van der Waals surface area contributed by atoms with E-state index in [9.17, 15) is 0 Å². The molecule has 1 aliphatic rings. The molecule has 3 aromatic heterocycles. The van der Waals surface area contributed by atoms with Crippen molar-refractivity contribution in [3.63, 3.8) is 0 Å². The molecule has 0 atom stereocenters. The minimum atomic E-state index is 0.290. The Morgan fingerprint density at radius 1 is 1.08 bits per heavy atom. The standard InChI is InChI=1S/C17H21N7/c18-12-6-4-11(5-7-12)14-15(22-13-3-1-2-8-20-13)17-21-9-10-24(17)23-16(14)19/h1-3,8-12H,4-7,18H2,(H2,19,23)(H,20,22)/t11-,12-. The molecule has 124 valence electrons. The van der Waals surface area contributed by atoms with Crippen molar-refractivity contribution in [3.05, 3.63) is 42.4 Å². The first kappa shape index (κ1) is 14.9. The molecule has 1 saturated carbocycles. The predicted molar refractivity (Wildman–Crippen MR) is 94.1 cm³/mol. The molecule has 7 heteroatoms. The maximum absolute atomic E-state index is 6.31. The molecule has 0 aromatic carbocycles. The number of imidazole rings is 1. The van der Waals surface area contributed by atoms with Gasteiger partial charge in [-0.25, -0.2) is 14.5 Å². The Hall–Kier alpha value is -2.67. The van der Waals surface area contributed by atoms with E-state index >= 15 is 0 Å². The fourth-order valence-electron chi connectivity index (χ4n) is 3.48. The zero-order chi connectivity index (χ0) is 16.5. The zero-order valence-electron chi connectivity index (χ0n) is 13.4. The van der Waals surface area contributed by atoms with Crippen molar-refractivity contribution in [1.29, 1.82) is 0 Å². The molecule has 0 bridgehead atoms. The van der Waals surface area contributed by atoms with Crippen LogP contribution < -0.4 is 16.8 Å². The van der Waals surface area contributed by atoms with E-state index in [4.69, 9.17) is 11.5 Å². The number of hydrogen-bond donors (Lipinski definition) is 3. The van der Waals surface area contributed by atoms with Crippen LogP contribution in [0.1, 0.15) is 37.2 Å². The van der Waals surface area contributed by atoms with Crippen molar-refractivity contribution < 1.29 is 0 Å². The van der Waals surface area contributed by atoms with Gasteiger partial charge in [-0.3, -0.25) is 0 Å². The second-order valence-corrected chi connectivity index (χ2v) is 6.32. The van der Waals surface area contributed by atoms with Crippen LogP contribution in [0.2, 0.25) is 0 Å². The number of aromatic nitrogens is 4. The molecule has 1 fully saturated rings. The fraction of sp³-hybridized carbons (Fsp3) is 0.353. The third-order valence-electron chi connectivity index (χ3n) is 4.70. The highest BCUT2D eigenvalue weighted by Crippen LogP contribution is 2.40. The van der Waals surface area contributed by atoms with Crippen LogP contribution in [0.3, 0.4) is 0 Å². The molecule has 4 rings (SSSR count). The van der Waals surface area contributed by atoms with Gasteiger partial charge >= 0.3 is 0 Å². The van der Waals surface area contributed by atoms with Crippen molar-refractivity contribution in [3.8, 4) is 0 Å². The monoisotopic (exact) mass is 323 g/mol. The summed E-state index contributed by atoms with van der Waals surface area (Å²) >= 11 is 0. The first-order chi connectivity index (χ1) is 11.7. The van der Waals surface area contributed by atoms with Gasteiger partial charge in [-0.2, -0.15) is 0 Å². The van der Waals surface area contributed by atoms with Gasteiger partial charge in [0.2, 0.25) is 0 Å². The van der Waals surface area contributed by atoms with Crippen molar-refractivity contribution >= 4 is 23.0 Å². The van der Waals surface area contributed by atoms with E-state index in [1.165, 1.54) is 0 Å². The van der Waals surface area contributed by atoms with E-state index in [1.54, 1.807) is 23.1 Å². The third-order valence-corrected chi connectivity index (χ3v) is 4.70.